The molecule has 0 saturated carbocycles. The highest BCUT2D eigenvalue weighted by Crippen LogP contribution is 2.10. The van der Waals surface area contributed by atoms with Crippen molar-refractivity contribution in [3.05, 3.63) is 0 Å². The summed E-state index contributed by atoms with van der Waals surface area (Å²) in [4.78, 5) is 16.1. The number of hydrogen-bond donors (Lipinski definition) is 1. The van der Waals surface area contributed by atoms with Gasteiger partial charge >= 0.3 is 0 Å². The number of halogens is 1. The fourth-order valence-electron chi connectivity index (χ4n) is 1.21. The maximum atomic E-state index is 11.3. The van der Waals surface area contributed by atoms with Crippen LogP contribution in [-0.2, 0) is 9.63 Å². The second-order valence-corrected chi connectivity index (χ2v) is 2.71. The third kappa shape index (κ3) is 2.62. The molecular weight excluding hydrogens is 180 g/mol. The van der Waals surface area contributed by atoms with Gasteiger partial charge in [-0.05, 0) is 13.0 Å². The minimum absolute atomic E-state index is 0. The van der Waals surface area contributed by atoms with E-state index in [0.29, 0.717) is 0 Å². The second kappa shape index (κ2) is 5.35. The summed E-state index contributed by atoms with van der Waals surface area (Å²) in [5.41, 5.74) is 0. The highest BCUT2D eigenvalue weighted by molar-refractivity contribution is 5.85. The largest absolute Gasteiger partial charge is 0.316 e. The number of amides is 1. The first-order valence-electron chi connectivity index (χ1n) is 3.78. The van der Waals surface area contributed by atoms with Crippen LogP contribution in [0.4, 0.5) is 0 Å². The molecule has 0 radical (unpaired) electrons. The molecule has 0 unspecified atom stereocenters. The quantitative estimate of drug-likeness (QED) is 0.632. The lowest BCUT2D eigenvalue weighted by Crippen LogP contribution is -2.33. The maximum absolute atomic E-state index is 11.3. The zero-order chi connectivity index (χ0) is 8.27. The molecule has 0 aromatic heterocycles. The van der Waals surface area contributed by atoms with Crippen molar-refractivity contribution in [1.29, 1.82) is 0 Å². The molecule has 72 valence electrons. The molecular formula is C7H15ClN2O2. The highest BCUT2D eigenvalue weighted by atomic mass is 35.5. The Kier molecular flexibility index (Phi) is 5.20. The summed E-state index contributed by atoms with van der Waals surface area (Å²) in [6.07, 6.45) is 0.923. The molecule has 5 heteroatoms. The van der Waals surface area contributed by atoms with Gasteiger partial charge in [-0.3, -0.25) is 9.63 Å². The molecule has 4 nitrogen and oxygen atoms in total. The molecule has 1 aliphatic heterocycles. The smallest absolute Gasteiger partial charge is 0.250 e. The molecule has 0 aromatic carbocycles. The number of rotatable bonds is 2. The molecule has 0 aromatic rings. The first-order valence-corrected chi connectivity index (χ1v) is 3.78. The topological polar surface area (TPSA) is 41.6 Å². The van der Waals surface area contributed by atoms with Crippen molar-refractivity contribution >= 4 is 18.3 Å². The van der Waals surface area contributed by atoms with Crippen LogP contribution < -0.4 is 5.32 Å². The molecule has 1 heterocycles. The van der Waals surface area contributed by atoms with Crippen molar-refractivity contribution in [1.82, 2.24) is 10.4 Å². The molecule has 1 amide bonds. The third-order valence-corrected chi connectivity index (χ3v) is 1.99. The van der Waals surface area contributed by atoms with E-state index in [9.17, 15) is 4.79 Å². The number of nitrogens with one attached hydrogen (secondary N) is 1. The van der Waals surface area contributed by atoms with E-state index < -0.39 is 0 Å². The van der Waals surface area contributed by atoms with Crippen molar-refractivity contribution in [2.24, 2.45) is 5.92 Å². The zero-order valence-corrected chi connectivity index (χ0v) is 8.19. The Bertz CT molecular complexity index is 148. The van der Waals surface area contributed by atoms with Crippen molar-refractivity contribution in [2.75, 3.05) is 27.2 Å². The summed E-state index contributed by atoms with van der Waals surface area (Å²) in [5.74, 6) is 0.178. The van der Waals surface area contributed by atoms with Crippen molar-refractivity contribution in [2.45, 2.75) is 6.42 Å². The number of carbonyl (C=O) groups excluding carboxylic acids is 1. The lowest BCUT2D eigenvalue weighted by Gasteiger charge is -2.16. The van der Waals surface area contributed by atoms with Gasteiger partial charge in [0.2, 0.25) is 5.91 Å². The first-order chi connectivity index (χ1) is 5.25. The molecule has 0 aliphatic carbocycles. The van der Waals surface area contributed by atoms with Crippen LogP contribution in [0, 0.1) is 5.92 Å². The van der Waals surface area contributed by atoms with Gasteiger partial charge in [0.15, 0.2) is 0 Å². The fourth-order valence-corrected chi connectivity index (χ4v) is 1.21. The van der Waals surface area contributed by atoms with Gasteiger partial charge in [-0.25, -0.2) is 5.06 Å². The Morgan fingerprint density at radius 2 is 2.33 bits per heavy atom. The Balaban J connectivity index is 0.00000121. The van der Waals surface area contributed by atoms with E-state index in [0.717, 1.165) is 19.5 Å². The van der Waals surface area contributed by atoms with Crippen LogP contribution in [0.15, 0.2) is 0 Å². The number of carbonyl (C=O) groups is 1. The average molecular weight is 195 g/mol. The molecule has 1 saturated heterocycles. The number of hydroxylamine groups is 2. The lowest BCUT2D eigenvalue weighted by molar-refractivity contribution is -0.172. The predicted molar refractivity (Wildman–Crippen MR) is 48.0 cm³/mol. The fraction of sp³-hybridized carbons (Fsp3) is 0.857. The summed E-state index contributed by atoms with van der Waals surface area (Å²) >= 11 is 0. The van der Waals surface area contributed by atoms with E-state index in [4.69, 9.17) is 4.84 Å². The van der Waals surface area contributed by atoms with Crippen LogP contribution >= 0.6 is 12.4 Å². The normalized spacial score (nSPS) is 21.7. The first kappa shape index (κ1) is 11.7. The van der Waals surface area contributed by atoms with Gasteiger partial charge < -0.3 is 5.32 Å². The standard InChI is InChI=1S/C7H14N2O2.ClH/c1-9(11-2)7(10)6-3-4-8-5-6;/h6,8H,3-5H2,1-2H3;1H/t6-;/m1./s1. The van der Waals surface area contributed by atoms with Gasteiger partial charge in [-0.2, -0.15) is 0 Å². The summed E-state index contributed by atoms with van der Waals surface area (Å²) in [6.45, 7) is 1.72. The van der Waals surface area contributed by atoms with Gasteiger partial charge in [0.05, 0.1) is 13.0 Å². The molecule has 1 N–H and O–H groups in total. The van der Waals surface area contributed by atoms with Gasteiger partial charge in [0, 0.05) is 13.6 Å². The Labute approximate surface area is 78.6 Å². The minimum Gasteiger partial charge on any atom is -0.316 e. The molecule has 1 fully saturated rings. The summed E-state index contributed by atoms with van der Waals surface area (Å²) in [7, 11) is 3.14. The second-order valence-electron chi connectivity index (χ2n) is 2.71. The van der Waals surface area contributed by atoms with Crippen molar-refractivity contribution < 1.29 is 9.63 Å². The molecule has 0 bridgehead atoms. The third-order valence-electron chi connectivity index (χ3n) is 1.99. The number of nitrogens with zero attached hydrogens (tertiary/aromatic N) is 1. The Hall–Kier alpha value is -0.320. The van der Waals surface area contributed by atoms with E-state index in [1.54, 1.807) is 7.05 Å². The van der Waals surface area contributed by atoms with Crippen LogP contribution in [0.5, 0.6) is 0 Å². The van der Waals surface area contributed by atoms with Gasteiger partial charge in [0.25, 0.3) is 0 Å². The van der Waals surface area contributed by atoms with Crippen LogP contribution in [0.1, 0.15) is 6.42 Å². The Morgan fingerprint density at radius 1 is 1.67 bits per heavy atom. The minimum atomic E-state index is 0. The SMILES string of the molecule is CON(C)C(=O)[C@@H]1CCNC1.Cl. The van der Waals surface area contributed by atoms with E-state index in [1.165, 1.54) is 12.2 Å². The van der Waals surface area contributed by atoms with Crippen molar-refractivity contribution in [3.63, 3.8) is 0 Å². The average Bonchev–Trinajstić information content (AvgIpc) is 2.53. The molecule has 12 heavy (non-hydrogen) atoms. The molecule has 1 atom stereocenters. The summed E-state index contributed by atoms with van der Waals surface area (Å²) in [6, 6.07) is 0. The zero-order valence-electron chi connectivity index (χ0n) is 7.37. The van der Waals surface area contributed by atoms with Crippen LogP contribution in [0.2, 0.25) is 0 Å². The Morgan fingerprint density at radius 3 is 2.75 bits per heavy atom. The van der Waals surface area contributed by atoms with Crippen LogP contribution in [0.25, 0.3) is 0 Å². The summed E-state index contributed by atoms with van der Waals surface area (Å²) < 4.78 is 0. The van der Waals surface area contributed by atoms with Crippen molar-refractivity contribution in [3.8, 4) is 0 Å². The highest BCUT2D eigenvalue weighted by Gasteiger charge is 2.25. The van der Waals surface area contributed by atoms with E-state index in [-0.39, 0.29) is 24.2 Å². The summed E-state index contributed by atoms with van der Waals surface area (Å²) in [5, 5.41) is 4.42. The van der Waals surface area contributed by atoms with E-state index in [1.807, 2.05) is 0 Å². The monoisotopic (exact) mass is 194 g/mol. The van der Waals surface area contributed by atoms with Gasteiger partial charge in [-0.15, -0.1) is 12.4 Å². The van der Waals surface area contributed by atoms with Crippen LogP contribution in [-0.4, -0.2) is 38.2 Å². The molecule has 0 spiro atoms. The van der Waals surface area contributed by atoms with Crippen LogP contribution in [0.3, 0.4) is 0 Å². The molecule has 1 aliphatic rings. The van der Waals surface area contributed by atoms with E-state index in [2.05, 4.69) is 5.32 Å². The van der Waals surface area contributed by atoms with Gasteiger partial charge in [-0.1, -0.05) is 0 Å². The number of hydrogen-bond acceptors (Lipinski definition) is 3. The predicted octanol–water partition coefficient (Wildman–Crippen LogP) is 0.0375. The van der Waals surface area contributed by atoms with Gasteiger partial charge in [0.1, 0.15) is 0 Å². The lowest BCUT2D eigenvalue weighted by atomic mass is 10.1. The maximum Gasteiger partial charge on any atom is 0.250 e. The van der Waals surface area contributed by atoms with E-state index >= 15 is 0 Å². The molecule has 1 rings (SSSR count).